The first-order chi connectivity index (χ1) is 12.1. The van der Waals surface area contributed by atoms with Gasteiger partial charge in [0.15, 0.2) is 0 Å². The van der Waals surface area contributed by atoms with Crippen molar-refractivity contribution in [2.75, 3.05) is 31.3 Å². The number of nitrogens with one attached hydrogen (secondary N) is 1. The summed E-state index contributed by atoms with van der Waals surface area (Å²) in [6.07, 6.45) is 0.269. The number of nitrogens with zero attached hydrogens (tertiary/aromatic N) is 3. The van der Waals surface area contributed by atoms with Crippen LogP contribution in [0.4, 0.5) is 5.69 Å². The summed E-state index contributed by atoms with van der Waals surface area (Å²) in [4.78, 5) is 27.0. The highest BCUT2D eigenvalue weighted by Crippen LogP contribution is 2.26. The summed E-state index contributed by atoms with van der Waals surface area (Å²) in [5, 5.41) is 9.39. The number of hydrogen-bond acceptors (Lipinski definition) is 6. The lowest BCUT2D eigenvalue weighted by Gasteiger charge is -2.35. The zero-order valence-electron chi connectivity index (χ0n) is 15.1. The number of ether oxygens (including phenoxy) is 1. The molecule has 1 N–H and O–H groups in total. The van der Waals surface area contributed by atoms with Crippen LogP contribution in [0.3, 0.4) is 0 Å². The van der Waals surface area contributed by atoms with Crippen molar-refractivity contribution in [2.45, 2.75) is 32.4 Å². The summed E-state index contributed by atoms with van der Waals surface area (Å²) >= 11 is 0. The average molecular weight is 381 g/mol. The Balaban J connectivity index is 0.00000243. The number of amides is 1. The van der Waals surface area contributed by atoms with E-state index in [-0.39, 0.29) is 37.4 Å². The molecule has 0 aromatic heterocycles. The molecule has 142 valence electrons. The van der Waals surface area contributed by atoms with Gasteiger partial charge in [-0.3, -0.25) is 9.80 Å². The monoisotopic (exact) mass is 380 g/mol. The Kier molecular flexibility index (Phi) is 6.99. The molecule has 0 bridgehead atoms. The van der Waals surface area contributed by atoms with Gasteiger partial charge in [0, 0.05) is 32.1 Å². The fraction of sp³-hybridized carbons (Fsp3) is 0.500. The van der Waals surface area contributed by atoms with E-state index in [1.165, 1.54) is 0 Å². The molecule has 1 saturated heterocycles. The fourth-order valence-corrected chi connectivity index (χ4v) is 3.20. The van der Waals surface area contributed by atoms with Crippen LogP contribution in [0.5, 0.6) is 0 Å². The topological polar surface area (TPSA) is 74.2 Å². The molecule has 26 heavy (non-hydrogen) atoms. The van der Waals surface area contributed by atoms with Gasteiger partial charge < -0.3 is 15.0 Å². The number of benzene rings is 1. The molecule has 2 aliphatic heterocycles. The van der Waals surface area contributed by atoms with Gasteiger partial charge in [0.05, 0.1) is 12.3 Å². The molecule has 0 spiro atoms. The van der Waals surface area contributed by atoms with E-state index in [4.69, 9.17) is 4.74 Å². The quantitative estimate of drug-likeness (QED) is 0.800. The number of para-hydroxylation sites is 1. The van der Waals surface area contributed by atoms with Crippen molar-refractivity contribution in [3.8, 4) is 0 Å². The van der Waals surface area contributed by atoms with Crippen molar-refractivity contribution < 1.29 is 14.3 Å². The van der Waals surface area contributed by atoms with Gasteiger partial charge in [0.1, 0.15) is 11.8 Å². The second-order valence-electron chi connectivity index (χ2n) is 6.31. The summed E-state index contributed by atoms with van der Waals surface area (Å²) < 4.78 is 5.07. The van der Waals surface area contributed by atoms with E-state index in [1.807, 2.05) is 35.2 Å². The molecule has 2 atom stereocenters. The summed E-state index contributed by atoms with van der Waals surface area (Å²) in [6, 6.07) is 9.21. The van der Waals surface area contributed by atoms with Crippen LogP contribution >= 0.6 is 12.4 Å². The van der Waals surface area contributed by atoms with Crippen LogP contribution in [0.25, 0.3) is 0 Å². The third-order valence-electron chi connectivity index (χ3n) is 4.41. The lowest BCUT2D eigenvalue weighted by Crippen LogP contribution is -2.55. The number of carbonyl (C=O) groups is 2. The van der Waals surface area contributed by atoms with Gasteiger partial charge in [0.2, 0.25) is 5.91 Å². The maximum absolute atomic E-state index is 13.1. The molecule has 0 saturated carbocycles. The minimum atomic E-state index is -0.507. The predicted molar refractivity (Wildman–Crippen MR) is 103 cm³/mol. The number of anilines is 1. The van der Waals surface area contributed by atoms with Crippen molar-refractivity contribution in [3.05, 3.63) is 30.3 Å². The predicted octanol–water partition coefficient (Wildman–Crippen LogP) is 1.43. The minimum Gasteiger partial charge on any atom is -0.461 e. The second kappa shape index (κ2) is 9.00. The number of piperazine rings is 1. The van der Waals surface area contributed by atoms with Gasteiger partial charge in [-0.1, -0.05) is 18.2 Å². The number of rotatable bonds is 4. The highest BCUT2D eigenvalue weighted by molar-refractivity contribution is 6.38. The fourth-order valence-electron chi connectivity index (χ4n) is 3.20. The molecule has 2 aliphatic rings. The van der Waals surface area contributed by atoms with Gasteiger partial charge in [0.25, 0.3) is 0 Å². The van der Waals surface area contributed by atoms with Crippen LogP contribution in [0, 0.1) is 0 Å². The molecule has 1 aromatic carbocycles. The van der Waals surface area contributed by atoms with Crippen LogP contribution in [0.15, 0.2) is 35.4 Å². The van der Waals surface area contributed by atoms with E-state index < -0.39 is 12.0 Å². The molecule has 0 radical (unpaired) electrons. The lowest BCUT2D eigenvalue weighted by atomic mass is 10.1. The number of hydrazone groups is 1. The van der Waals surface area contributed by atoms with Crippen LogP contribution in [-0.4, -0.2) is 60.8 Å². The van der Waals surface area contributed by atoms with E-state index in [2.05, 4.69) is 17.3 Å². The summed E-state index contributed by atoms with van der Waals surface area (Å²) in [7, 11) is 0. The first-order valence-corrected chi connectivity index (χ1v) is 8.71. The van der Waals surface area contributed by atoms with Crippen molar-refractivity contribution in [1.82, 2.24) is 10.2 Å². The molecule has 1 unspecified atom stereocenters. The van der Waals surface area contributed by atoms with Crippen LogP contribution < -0.4 is 10.3 Å². The van der Waals surface area contributed by atoms with Gasteiger partial charge in [-0.2, -0.15) is 5.10 Å². The number of carbonyl (C=O) groups excluding carboxylic acids is 2. The van der Waals surface area contributed by atoms with E-state index >= 15 is 0 Å². The smallest absolute Gasteiger partial charge is 0.354 e. The standard InChI is InChI=1S/C18H24N4O3.ClH/c1-3-25-18(24)15-11-16(17(23)21-10-9-19-13(2)12-21)22(20-15)14-7-5-4-6-8-14;/h4-8,13,16,19H,3,9-12H2,1-2H3;1H/t13-,16?;/m1./s1. The molecule has 3 rings (SSSR count). The third-order valence-corrected chi connectivity index (χ3v) is 4.41. The first kappa shape index (κ1) is 20.2. The van der Waals surface area contributed by atoms with Crippen molar-refractivity contribution in [2.24, 2.45) is 5.10 Å². The Labute approximate surface area is 159 Å². The zero-order valence-corrected chi connectivity index (χ0v) is 15.9. The van der Waals surface area contributed by atoms with Crippen LogP contribution in [-0.2, 0) is 14.3 Å². The van der Waals surface area contributed by atoms with Gasteiger partial charge in [-0.25, -0.2) is 4.79 Å². The van der Waals surface area contributed by atoms with Crippen molar-refractivity contribution in [3.63, 3.8) is 0 Å². The van der Waals surface area contributed by atoms with E-state index in [1.54, 1.807) is 11.9 Å². The zero-order chi connectivity index (χ0) is 17.8. The molecule has 2 heterocycles. The van der Waals surface area contributed by atoms with E-state index in [0.29, 0.717) is 18.8 Å². The normalized spacial score (nSPS) is 22.5. The molecule has 1 aromatic rings. The number of halogens is 1. The van der Waals surface area contributed by atoms with Gasteiger partial charge in [-0.15, -0.1) is 12.4 Å². The highest BCUT2D eigenvalue weighted by Gasteiger charge is 2.39. The van der Waals surface area contributed by atoms with E-state index in [9.17, 15) is 9.59 Å². The Bertz CT molecular complexity index is 668. The van der Waals surface area contributed by atoms with Crippen LogP contribution in [0.2, 0.25) is 0 Å². The van der Waals surface area contributed by atoms with Gasteiger partial charge in [-0.05, 0) is 26.0 Å². The molecular formula is C18H25ClN4O3. The molecular weight excluding hydrogens is 356 g/mol. The van der Waals surface area contributed by atoms with E-state index in [0.717, 1.165) is 12.2 Å². The summed E-state index contributed by atoms with van der Waals surface area (Å²) in [6.45, 7) is 6.20. The molecule has 8 heteroatoms. The van der Waals surface area contributed by atoms with Crippen molar-refractivity contribution >= 4 is 35.7 Å². The Morgan fingerprint density at radius 2 is 2.04 bits per heavy atom. The minimum absolute atomic E-state index is 0. The van der Waals surface area contributed by atoms with Gasteiger partial charge >= 0.3 is 5.97 Å². The Morgan fingerprint density at radius 1 is 1.31 bits per heavy atom. The average Bonchev–Trinajstić information content (AvgIpc) is 3.07. The third kappa shape index (κ3) is 4.34. The maximum atomic E-state index is 13.1. The van der Waals surface area contributed by atoms with Crippen molar-refractivity contribution in [1.29, 1.82) is 0 Å². The lowest BCUT2D eigenvalue weighted by molar-refractivity contribution is -0.135. The first-order valence-electron chi connectivity index (χ1n) is 8.71. The Hall–Kier alpha value is -2.12. The highest BCUT2D eigenvalue weighted by atomic mass is 35.5. The second-order valence-corrected chi connectivity index (χ2v) is 6.31. The van der Waals surface area contributed by atoms with Crippen LogP contribution in [0.1, 0.15) is 20.3 Å². The molecule has 1 amide bonds. The molecule has 7 nitrogen and oxygen atoms in total. The largest absolute Gasteiger partial charge is 0.461 e. The number of esters is 1. The SMILES string of the molecule is CCOC(=O)C1=NN(c2ccccc2)C(C(=O)N2CCN[C@H](C)C2)C1.Cl. The molecule has 1 fully saturated rings. The maximum Gasteiger partial charge on any atom is 0.354 e. The number of hydrogen-bond donors (Lipinski definition) is 1. The Morgan fingerprint density at radius 3 is 2.69 bits per heavy atom. The molecule has 0 aliphatic carbocycles. The summed E-state index contributed by atoms with van der Waals surface area (Å²) in [5.74, 6) is -0.451. The summed E-state index contributed by atoms with van der Waals surface area (Å²) in [5.41, 5.74) is 1.09.